The van der Waals surface area contributed by atoms with Gasteiger partial charge in [0.15, 0.2) is 10.9 Å². The third-order valence-corrected chi connectivity index (χ3v) is 5.35. The Bertz CT molecular complexity index is 1050. The monoisotopic (exact) mass is 390 g/mol. The zero-order chi connectivity index (χ0) is 20.3. The van der Waals surface area contributed by atoms with Crippen molar-refractivity contribution in [3.05, 3.63) is 81.9 Å². The molecule has 28 heavy (non-hydrogen) atoms. The van der Waals surface area contributed by atoms with Gasteiger partial charge in [-0.15, -0.1) is 11.3 Å². The molecule has 0 N–H and O–H groups in total. The largest absolute Gasteiger partial charge is 0.289 e. The van der Waals surface area contributed by atoms with Crippen molar-refractivity contribution in [1.82, 2.24) is 4.98 Å². The fourth-order valence-corrected chi connectivity index (χ4v) is 3.58. The maximum Gasteiger partial charge on any atom is 0.230 e. The van der Waals surface area contributed by atoms with Gasteiger partial charge in [0.05, 0.1) is 11.4 Å². The third-order valence-electron chi connectivity index (χ3n) is 4.51. The van der Waals surface area contributed by atoms with Gasteiger partial charge in [0, 0.05) is 17.9 Å². The first-order chi connectivity index (χ1) is 13.3. The first-order valence-electron chi connectivity index (χ1n) is 8.97. The SMILES string of the molecule is CC(=O)N(c1ccc(C)c(C)c1)c1nc(C=CC(=O)c2ccc(C)cc2)cs1. The Kier molecular flexibility index (Phi) is 5.85. The number of hydrogen-bond acceptors (Lipinski definition) is 4. The van der Waals surface area contributed by atoms with Crippen molar-refractivity contribution < 1.29 is 9.59 Å². The number of carbonyl (C=O) groups is 2. The van der Waals surface area contributed by atoms with Crippen molar-refractivity contribution in [3.63, 3.8) is 0 Å². The molecule has 0 aliphatic rings. The molecule has 0 fully saturated rings. The lowest BCUT2D eigenvalue weighted by Gasteiger charge is -2.19. The van der Waals surface area contributed by atoms with Gasteiger partial charge < -0.3 is 0 Å². The molecule has 5 heteroatoms. The molecule has 0 saturated carbocycles. The summed E-state index contributed by atoms with van der Waals surface area (Å²) in [5, 5.41) is 2.42. The molecule has 1 amide bonds. The first-order valence-corrected chi connectivity index (χ1v) is 9.85. The van der Waals surface area contributed by atoms with Crippen LogP contribution in [-0.2, 0) is 4.79 Å². The van der Waals surface area contributed by atoms with Crippen LogP contribution in [0.3, 0.4) is 0 Å². The van der Waals surface area contributed by atoms with Crippen LogP contribution in [-0.4, -0.2) is 16.7 Å². The van der Waals surface area contributed by atoms with Crippen molar-refractivity contribution in [3.8, 4) is 0 Å². The first kappa shape index (κ1) is 19.7. The zero-order valence-electron chi connectivity index (χ0n) is 16.4. The minimum absolute atomic E-state index is 0.0767. The van der Waals surface area contributed by atoms with Crippen LogP contribution in [0.5, 0.6) is 0 Å². The second-order valence-electron chi connectivity index (χ2n) is 6.74. The van der Waals surface area contributed by atoms with Gasteiger partial charge in [0.1, 0.15) is 0 Å². The molecule has 4 nitrogen and oxygen atoms in total. The molecule has 0 unspecified atom stereocenters. The Hall–Kier alpha value is -3.05. The van der Waals surface area contributed by atoms with E-state index in [9.17, 15) is 9.59 Å². The second-order valence-corrected chi connectivity index (χ2v) is 7.58. The highest BCUT2D eigenvalue weighted by molar-refractivity contribution is 7.14. The average Bonchev–Trinajstić information content (AvgIpc) is 3.11. The van der Waals surface area contributed by atoms with Gasteiger partial charge in [-0.05, 0) is 56.2 Å². The number of rotatable bonds is 5. The van der Waals surface area contributed by atoms with Crippen LogP contribution in [0.4, 0.5) is 10.8 Å². The lowest BCUT2D eigenvalue weighted by molar-refractivity contribution is -0.115. The zero-order valence-corrected chi connectivity index (χ0v) is 17.2. The van der Waals surface area contributed by atoms with Crippen LogP contribution in [0.1, 0.15) is 39.7 Å². The van der Waals surface area contributed by atoms with E-state index in [0.29, 0.717) is 16.4 Å². The Morgan fingerprint density at radius 1 is 1.00 bits per heavy atom. The summed E-state index contributed by atoms with van der Waals surface area (Å²) in [7, 11) is 0. The lowest BCUT2D eigenvalue weighted by atomic mass is 10.1. The predicted octanol–water partition coefficient (Wildman–Crippen LogP) is 5.65. The van der Waals surface area contributed by atoms with Crippen LogP contribution in [0, 0.1) is 20.8 Å². The topological polar surface area (TPSA) is 50.3 Å². The molecule has 3 aromatic rings. The Morgan fingerprint density at radius 2 is 1.71 bits per heavy atom. The smallest absolute Gasteiger partial charge is 0.230 e. The van der Waals surface area contributed by atoms with Crippen LogP contribution >= 0.6 is 11.3 Å². The van der Waals surface area contributed by atoms with Gasteiger partial charge in [0.25, 0.3) is 0 Å². The molecule has 0 aliphatic heterocycles. The quantitative estimate of drug-likeness (QED) is 0.418. The number of aromatic nitrogens is 1. The highest BCUT2D eigenvalue weighted by Crippen LogP contribution is 2.30. The summed E-state index contributed by atoms with van der Waals surface area (Å²) < 4.78 is 0. The molecular weight excluding hydrogens is 368 g/mol. The van der Waals surface area contributed by atoms with Gasteiger partial charge in [-0.3, -0.25) is 14.5 Å². The molecule has 0 bridgehead atoms. The minimum atomic E-state index is -0.108. The van der Waals surface area contributed by atoms with E-state index in [1.807, 2.05) is 68.6 Å². The van der Waals surface area contributed by atoms with E-state index >= 15 is 0 Å². The van der Waals surface area contributed by atoms with Crippen LogP contribution < -0.4 is 4.90 Å². The Balaban J connectivity index is 1.82. The van der Waals surface area contributed by atoms with Gasteiger partial charge in [-0.25, -0.2) is 4.98 Å². The van der Waals surface area contributed by atoms with Crippen molar-refractivity contribution in [2.24, 2.45) is 0 Å². The fourth-order valence-electron chi connectivity index (χ4n) is 2.72. The summed E-state index contributed by atoms with van der Waals surface area (Å²) >= 11 is 1.37. The number of benzene rings is 2. The van der Waals surface area contributed by atoms with E-state index in [-0.39, 0.29) is 11.7 Å². The Labute approximate surface area is 169 Å². The molecule has 1 heterocycles. The number of anilines is 2. The highest BCUT2D eigenvalue weighted by Gasteiger charge is 2.18. The van der Waals surface area contributed by atoms with E-state index in [0.717, 1.165) is 16.8 Å². The van der Waals surface area contributed by atoms with E-state index in [1.165, 1.54) is 29.9 Å². The van der Waals surface area contributed by atoms with E-state index < -0.39 is 0 Å². The summed E-state index contributed by atoms with van der Waals surface area (Å²) in [6.45, 7) is 7.56. The lowest BCUT2D eigenvalue weighted by Crippen LogP contribution is -2.22. The molecule has 3 rings (SSSR count). The Morgan fingerprint density at radius 3 is 2.36 bits per heavy atom. The molecule has 0 radical (unpaired) electrons. The molecule has 0 saturated heterocycles. The number of hydrogen-bond donors (Lipinski definition) is 0. The van der Waals surface area contributed by atoms with Crippen LogP contribution in [0.25, 0.3) is 6.08 Å². The molecule has 0 atom stereocenters. The number of allylic oxidation sites excluding steroid dienone is 1. The predicted molar refractivity (Wildman–Crippen MR) is 115 cm³/mol. The van der Waals surface area contributed by atoms with Crippen molar-refractivity contribution in [2.45, 2.75) is 27.7 Å². The van der Waals surface area contributed by atoms with Gasteiger partial charge in [-0.2, -0.15) is 0 Å². The van der Waals surface area contributed by atoms with Crippen molar-refractivity contribution in [2.75, 3.05) is 4.90 Å². The summed E-state index contributed by atoms with van der Waals surface area (Å²) in [6, 6.07) is 13.3. The molecular formula is C23H22N2O2S. The molecule has 2 aromatic carbocycles. The number of aryl methyl sites for hydroxylation is 3. The van der Waals surface area contributed by atoms with E-state index in [2.05, 4.69) is 4.98 Å². The van der Waals surface area contributed by atoms with E-state index in [4.69, 9.17) is 0 Å². The molecule has 1 aromatic heterocycles. The average molecular weight is 391 g/mol. The van der Waals surface area contributed by atoms with E-state index in [1.54, 1.807) is 11.0 Å². The third kappa shape index (κ3) is 4.43. The van der Waals surface area contributed by atoms with Crippen molar-refractivity contribution >= 4 is 39.9 Å². The van der Waals surface area contributed by atoms with Gasteiger partial charge in [-0.1, -0.05) is 35.9 Å². The second kappa shape index (κ2) is 8.31. The fraction of sp³-hybridized carbons (Fsp3) is 0.174. The number of ketones is 1. The molecule has 142 valence electrons. The molecule has 0 aliphatic carbocycles. The number of thiazole rings is 1. The summed E-state index contributed by atoms with van der Waals surface area (Å²) in [4.78, 5) is 30.7. The maximum atomic E-state index is 12.3. The van der Waals surface area contributed by atoms with Gasteiger partial charge >= 0.3 is 0 Å². The van der Waals surface area contributed by atoms with Crippen LogP contribution in [0.2, 0.25) is 0 Å². The summed E-state index contributed by atoms with van der Waals surface area (Å²) in [6.07, 6.45) is 3.19. The number of carbonyl (C=O) groups excluding carboxylic acids is 2. The van der Waals surface area contributed by atoms with Crippen LogP contribution in [0.15, 0.2) is 53.9 Å². The normalized spacial score (nSPS) is 11.0. The number of nitrogens with zero attached hydrogens (tertiary/aromatic N) is 2. The van der Waals surface area contributed by atoms with Gasteiger partial charge in [0.2, 0.25) is 5.91 Å². The highest BCUT2D eigenvalue weighted by atomic mass is 32.1. The number of amides is 1. The minimum Gasteiger partial charge on any atom is -0.289 e. The summed E-state index contributed by atoms with van der Waals surface area (Å²) in [5.74, 6) is -0.184. The summed E-state index contributed by atoms with van der Waals surface area (Å²) in [5.41, 5.74) is 5.47. The standard InChI is InChI=1S/C23H22N2O2S/c1-15-5-8-19(9-6-15)22(27)12-10-20-14-28-23(24-20)25(18(4)26)21-11-7-16(2)17(3)13-21/h5-14H,1-4H3. The van der Waals surface area contributed by atoms with Crippen molar-refractivity contribution in [1.29, 1.82) is 0 Å². The molecule has 0 spiro atoms. The maximum absolute atomic E-state index is 12.3.